The highest BCUT2D eigenvalue weighted by atomic mass is 19.1. The van der Waals surface area contributed by atoms with Crippen LogP contribution in [0.1, 0.15) is 5.76 Å². The molecular formula is C24H19F2N3O2. The summed E-state index contributed by atoms with van der Waals surface area (Å²) >= 11 is 0. The molecule has 31 heavy (non-hydrogen) atoms. The number of benzene rings is 2. The van der Waals surface area contributed by atoms with E-state index in [2.05, 4.69) is 16.8 Å². The summed E-state index contributed by atoms with van der Waals surface area (Å²) in [7, 11) is 1.57. The molecular weight excluding hydrogens is 400 g/mol. The first-order chi connectivity index (χ1) is 15.1. The smallest absolute Gasteiger partial charge is 0.174 e. The number of fused-ring (bicyclic) bond motifs is 1. The van der Waals surface area contributed by atoms with Gasteiger partial charge in [0.25, 0.3) is 0 Å². The van der Waals surface area contributed by atoms with E-state index in [1.54, 1.807) is 55.8 Å². The Morgan fingerprint density at radius 3 is 2.84 bits per heavy atom. The van der Waals surface area contributed by atoms with E-state index in [0.29, 0.717) is 40.2 Å². The van der Waals surface area contributed by atoms with Crippen molar-refractivity contribution in [1.29, 1.82) is 0 Å². The SMILES string of the molecule is C=C(F)/C=C(\C=C/COC)c1onc2ccc(-c3ccnn3-c3ccccc3F)cc12. The van der Waals surface area contributed by atoms with Gasteiger partial charge in [-0.25, -0.2) is 13.5 Å². The van der Waals surface area contributed by atoms with Gasteiger partial charge in [0, 0.05) is 18.2 Å². The summed E-state index contributed by atoms with van der Waals surface area (Å²) < 4.78 is 40.0. The van der Waals surface area contributed by atoms with Crippen LogP contribution in [0.2, 0.25) is 0 Å². The lowest BCUT2D eigenvalue weighted by Crippen LogP contribution is -2.01. The molecule has 0 radical (unpaired) electrons. The fourth-order valence-electron chi connectivity index (χ4n) is 3.28. The largest absolute Gasteiger partial charge is 0.381 e. The first-order valence-corrected chi connectivity index (χ1v) is 9.49. The predicted octanol–water partition coefficient (Wildman–Crippen LogP) is 5.89. The molecule has 4 aromatic rings. The topological polar surface area (TPSA) is 53.1 Å². The van der Waals surface area contributed by atoms with Crippen LogP contribution >= 0.6 is 0 Å². The summed E-state index contributed by atoms with van der Waals surface area (Å²) in [5.74, 6) is -0.607. The van der Waals surface area contributed by atoms with Crippen molar-refractivity contribution in [3.63, 3.8) is 0 Å². The zero-order valence-electron chi connectivity index (χ0n) is 16.8. The summed E-state index contributed by atoms with van der Waals surface area (Å²) in [6, 6.07) is 13.7. The summed E-state index contributed by atoms with van der Waals surface area (Å²) in [6.45, 7) is 3.66. The maximum atomic E-state index is 14.3. The molecule has 0 amide bonds. The highest BCUT2D eigenvalue weighted by Gasteiger charge is 2.16. The molecule has 0 saturated carbocycles. The summed E-state index contributed by atoms with van der Waals surface area (Å²) in [5, 5.41) is 9.03. The van der Waals surface area contributed by atoms with Gasteiger partial charge in [0.2, 0.25) is 0 Å². The second kappa shape index (κ2) is 8.89. The van der Waals surface area contributed by atoms with E-state index in [1.807, 2.05) is 12.1 Å². The van der Waals surface area contributed by atoms with Gasteiger partial charge in [-0.3, -0.25) is 0 Å². The van der Waals surface area contributed by atoms with E-state index in [-0.39, 0.29) is 5.82 Å². The van der Waals surface area contributed by atoms with Gasteiger partial charge in [0.1, 0.15) is 22.8 Å². The van der Waals surface area contributed by atoms with E-state index in [9.17, 15) is 8.78 Å². The van der Waals surface area contributed by atoms with Crippen LogP contribution in [0, 0.1) is 5.82 Å². The average Bonchev–Trinajstić information content (AvgIpc) is 3.40. The van der Waals surface area contributed by atoms with Gasteiger partial charge < -0.3 is 9.26 Å². The molecule has 4 rings (SSSR count). The Kier molecular flexibility index (Phi) is 5.86. The van der Waals surface area contributed by atoms with Crippen molar-refractivity contribution >= 4 is 16.5 Å². The number of methoxy groups -OCH3 is 1. The molecule has 0 bridgehead atoms. The Morgan fingerprint density at radius 2 is 2.06 bits per heavy atom. The molecule has 0 aliphatic carbocycles. The van der Waals surface area contributed by atoms with E-state index >= 15 is 0 Å². The van der Waals surface area contributed by atoms with E-state index in [4.69, 9.17) is 9.26 Å². The van der Waals surface area contributed by atoms with Gasteiger partial charge in [-0.2, -0.15) is 5.10 Å². The lowest BCUT2D eigenvalue weighted by Gasteiger charge is -2.09. The van der Waals surface area contributed by atoms with Crippen LogP contribution in [0.15, 0.2) is 89.9 Å². The number of ether oxygens (including phenoxy) is 1. The average molecular weight is 419 g/mol. The Labute approximate surface area is 177 Å². The third-order valence-electron chi connectivity index (χ3n) is 4.63. The molecule has 0 aliphatic rings. The van der Waals surface area contributed by atoms with Gasteiger partial charge in [0.15, 0.2) is 5.76 Å². The zero-order chi connectivity index (χ0) is 21.8. The minimum absolute atomic E-state index is 0.338. The summed E-state index contributed by atoms with van der Waals surface area (Å²) in [5.41, 5.74) is 2.87. The van der Waals surface area contributed by atoms with Crippen LogP contribution in [0.5, 0.6) is 0 Å². The molecule has 0 saturated heterocycles. The van der Waals surface area contributed by atoms with Crippen LogP contribution in [0.4, 0.5) is 8.78 Å². The van der Waals surface area contributed by atoms with Crippen molar-refractivity contribution in [1.82, 2.24) is 14.9 Å². The molecule has 0 aliphatic heterocycles. The van der Waals surface area contributed by atoms with Gasteiger partial charge in [-0.15, -0.1) is 0 Å². The zero-order valence-corrected chi connectivity index (χ0v) is 16.8. The molecule has 2 aromatic heterocycles. The van der Waals surface area contributed by atoms with E-state index < -0.39 is 5.83 Å². The maximum Gasteiger partial charge on any atom is 0.174 e. The highest BCUT2D eigenvalue weighted by molar-refractivity contribution is 5.94. The van der Waals surface area contributed by atoms with Crippen molar-refractivity contribution in [2.45, 2.75) is 0 Å². The molecule has 0 fully saturated rings. The molecule has 0 N–H and O–H groups in total. The van der Waals surface area contributed by atoms with Crippen molar-refractivity contribution in [2.24, 2.45) is 0 Å². The number of para-hydroxylation sites is 1. The van der Waals surface area contributed by atoms with E-state index in [1.165, 1.54) is 16.8 Å². The Balaban J connectivity index is 1.83. The van der Waals surface area contributed by atoms with Crippen LogP contribution in [0.25, 0.3) is 33.4 Å². The van der Waals surface area contributed by atoms with Crippen molar-refractivity contribution in [2.75, 3.05) is 13.7 Å². The molecule has 2 aromatic carbocycles. The number of aromatic nitrogens is 3. The number of rotatable bonds is 7. The third-order valence-corrected chi connectivity index (χ3v) is 4.63. The maximum absolute atomic E-state index is 14.3. The first-order valence-electron chi connectivity index (χ1n) is 9.49. The molecule has 0 atom stereocenters. The summed E-state index contributed by atoms with van der Waals surface area (Å²) in [4.78, 5) is 0. The molecule has 2 heterocycles. The second-order valence-corrected chi connectivity index (χ2v) is 6.73. The molecule has 5 nitrogen and oxygen atoms in total. The number of hydrogen-bond acceptors (Lipinski definition) is 4. The predicted molar refractivity (Wildman–Crippen MR) is 116 cm³/mol. The monoisotopic (exact) mass is 419 g/mol. The van der Waals surface area contributed by atoms with Crippen molar-refractivity contribution < 1.29 is 18.0 Å². The lowest BCUT2D eigenvalue weighted by atomic mass is 10.0. The van der Waals surface area contributed by atoms with Gasteiger partial charge in [-0.05, 0) is 36.4 Å². The fourth-order valence-corrected chi connectivity index (χ4v) is 3.28. The Morgan fingerprint density at radius 1 is 1.23 bits per heavy atom. The van der Waals surface area contributed by atoms with Crippen LogP contribution in [-0.4, -0.2) is 28.7 Å². The standard InChI is InChI=1S/C24H19F2N3O2/c1-16(25)14-18(6-5-13-30-2)24-19-15-17(9-10-21(19)28-31-24)22-11-12-27-29(22)23-8-4-3-7-20(23)26/h3-12,14-15H,1,13H2,2H3/b6-5-,18-14+. The third kappa shape index (κ3) is 4.22. The minimum Gasteiger partial charge on any atom is -0.381 e. The van der Waals surface area contributed by atoms with Gasteiger partial charge in [0.05, 0.1) is 23.9 Å². The van der Waals surface area contributed by atoms with Crippen molar-refractivity contribution in [3.8, 4) is 16.9 Å². The lowest BCUT2D eigenvalue weighted by molar-refractivity contribution is 0.234. The van der Waals surface area contributed by atoms with Crippen LogP contribution < -0.4 is 0 Å². The van der Waals surface area contributed by atoms with Crippen LogP contribution in [0.3, 0.4) is 0 Å². The number of allylic oxidation sites excluding steroid dienone is 4. The first kappa shape index (κ1) is 20.4. The fraction of sp³-hybridized carbons (Fsp3) is 0.0833. The molecule has 7 heteroatoms. The highest BCUT2D eigenvalue weighted by Crippen LogP contribution is 2.32. The molecule has 156 valence electrons. The number of halogens is 2. The van der Waals surface area contributed by atoms with Crippen molar-refractivity contribution in [3.05, 3.63) is 96.9 Å². The number of hydrogen-bond donors (Lipinski definition) is 0. The Bertz CT molecular complexity index is 1300. The van der Waals surface area contributed by atoms with Crippen LogP contribution in [-0.2, 0) is 4.74 Å². The normalized spacial score (nSPS) is 12.2. The number of nitrogens with zero attached hydrogens (tertiary/aromatic N) is 3. The summed E-state index contributed by atoms with van der Waals surface area (Å²) in [6.07, 6.45) is 6.29. The minimum atomic E-state index is -0.615. The second-order valence-electron chi connectivity index (χ2n) is 6.73. The van der Waals surface area contributed by atoms with Gasteiger partial charge >= 0.3 is 0 Å². The molecule has 0 unspecified atom stereocenters. The molecule has 0 spiro atoms. The van der Waals surface area contributed by atoms with E-state index in [0.717, 1.165) is 5.56 Å². The Hall–Kier alpha value is -3.84. The quantitative estimate of drug-likeness (QED) is 0.351. The van der Waals surface area contributed by atoms with Gasteiger partial charge in [-0.1, -0.05) is 42.1 Å².